The summed E-state index contributed by atoms with van der Waals surface area (Å²) in [7, 11) is 0. The number of aromatic nitrogens is 1. The maximum absolute atomic E-state index is 12.8. The molecule has 3 N–H and O–H groups in total. The second-order valence-electron chi connectivity index (χ2n) is 4.49. The lowest BCUT2D eigenvalue weighted by atomic mass is 9.92. The van der Waals surface area contributed by atoms with Gasteiger partial charge < -0.3 is 15.7 Å². The van der Waals surface area contributed by atoms with E-state index in [-0.39, 0.29) is 12.8 Å². The fourth-order valence-corrected chi connectivity index (χ4v) is 2.16. The van der Waals surface area contributed by atoms with E-state index in [9.17, 15) is 18.3 Å². The Morgan fingerprint density at radius 3 is 2.78 bits per heavy atom. The van der Waals surface area contributed by atoms with Crippen LogP contribution in [0.3, 0.4) is 0 Å². The van der Waals surface area contributed by atoms with Crippen LogP contribution in [-0.2, 0) is 0 Å². The first-order valence-electron chi connectivity index (χ1n) is 5.57. The van der Waals surface area contributed by atoms with Gasteiger partial charge in [0.2, 0.25) is 0 Å². The van der Waals surface area contributed by atoms with Gasteiger partial charge in [0.05, 0.1) is 24.1 Å². The number of piperidine rings is 1. The van der Waals surface area contributed by atoms with E-state index >= 15 is 0 Å². The maximum Gasteiger partial charge on any atom is 0.418 e. The minimum absolute atomic E-state index is 0.262. The molecule has 0 radical (unpaired) electrons. The van der Waals surface area contributed by atoms with Gasteiger partial charge in [0.25, 0.3) is 0 Å². The van der Waals surface area contributed by atoms with Gasteiger partial charge in [-0.3, -0.25) is 4.98 Å². The number of halogens is 3. The quantitative estimate of drug-likeness (QED) is 0.805. The number of hydrogen-bond donors (Lipinski definition) is 2. The van der Waals surface area contributed by atoms with Crippen molar-refractivity contribution in [3.05, 3.63) is 18.5 Å². The molecule has 7 heteroatoms. The summed E-state index contributed by atoms with van der Waals surface area (Å²) in [6, 6.07) is 1.55. The highest BCUT2D eigenvalue weighted by atomic mass is 19.4. The maximum atomic E-state index is 12.8. The summed E-state index contributed by atoms with van der Waals surface area (Å²) in [5.41, 5.74) is 3.80. The molecule has 1 saturated heterocycles. The number of nitrogens with two attached hydrogens (primary N) is 1. The molecule has 4 nitrogen and oxygen atoms in total. The zero-order valence-corrected chi connectivity index (χ0v) is 9.61. The number of nitrogen functional groups attached to an aromatic ring is 1. The third-order valence-electron chi connectivity index (χ3n) is 3.17. The standard InChI is InChI=1S/C11H14F3N3O/c12-11(13,14)10(18)3-1-5-17(7-10)9-2-4-16-6-8(9)15/h2,4,6,18H,1,3,5,7,15H2. The van der Waals surface area contributed by atoms with Crippen LogP contribution in [0.5, 0.6) is 0 Å². The van der Waals surface area contributed by atoms with Crippen molar-refractivity contribution in [3.8, 4) is 0 Å². The Kier molecular flexibility index (Phi) is 3.10. The molecule has 0 spiro atoms. The number of aliphatic hydroxyl groups is 1. The predicted molar refractivity (Wildman–Crippen MR) is 61.1 cm³/mol. The molecule has 2 rings (SSSR count). The highest BCUT2D eigenvalue weighted by Gasteiger charge is 2.55. The van der Waals surface area contributed by atoms with E-state index in [0.717, 1.165) is 0 Å². The number of anilines is 2. The van der Waals surface area contributed by atoms with Crippen LogP contribution in [-0.4, -0.2) is 35.0 Å². The SMILES string of the molecule is Nc1cnccc1N1CCCC(O)(C(F)(F)F)C1. The van der Waals surface area contributed by atoms with Crippen molar-refractivity contribution in [2.45, 2.75) is 24.6 Å². The molecule has 1 fully saturated rings. The Morgan fingerprint density at radius 1 is 1.44 bits per heavy atom. The lowest BCUT2D eigenvalue weighted by Gasteiger charge is -2.41. The van der Waals surface area contributed by atoms with E-state index in [1.54, 1.807) is 6.07 Å². The molecule has 2 heterocycles. The molecule has 1 aromatic heterocycles. The van der Waals surface area contributed by atoms with Crippen molar-refractivity contribution in [1.82, 2.24) is 4.98 Å². The van der Waals surface area contributed by atoms with Crippen molar-refractivity contribution < 1.29 is 18.3 Å². The molecule has 0 saturated carbocycles. The Morgan fingerprint density at radius 2 is 2.17 bits per heavy atom. The molecule has 18 heavy (non-hydrogen) atoms. The van der Waals surface area contributed by atoms with Crippen LogP contribution in [0.15, 0.2) is 18.5 Å². The van der Waals surface area contributed by atoms with Gasteiger partial charge in [-0.1, -0.05) is 0 Å². The van der Waals surface area contributed by atoms with E-state index in [1.165, 1.54) is 17.3 Å². The topological polar surface area (TPSA) is 62.4 Å². The average molecular weight is 261 g/mol. The van der Waals surface area contributed by atoms with Crippen LogP contribution < -0.4 is 10.6 Å². The van der Waals surface area contributed by atoms with Crippen LogP contribution in [0.25, 0.3) is 0 Å². The van der Waals surface area contributed by atoms with Gasteiger partial charge in [-0.2, -0.15) is 13.2 Å². The fourth-order valence-electron chi connectivity index (χ4n) is 2.16. The van der Waals surface area contributed by atoms with Gasteiger partial charge in [0.15, 0.2) is 5.60 Å². The second-order valence-corrected chi connectivity index (χ2v) is 4.49. The van der Waals surface area contributed by atoms with Gasteiger partial charge in [0, 0.05) is 12.7 Å². The van der Waals surface area contributed by atoms with Crippen LogP contribution in [0.2, 0.25) is 0 Å². The fraction of sp³-hybridized carbons (Fsp3) is 0.545. The van der Waals surface area contributed by atoms with Crippen molar-refractivity contribution in [2.75, 3.05) is 23.7 Å². The first-order valence-corrected chi connectivity index (χ1v) is 5.57. The lowest BCUT2D eigenvalue weighted by molar-refractivity contribution is -0.261. The number of nitrogens with zero attached hydrogens (tertiary/aromatic N) is 2. The minimum atomic E-state index is -4.63. The van der Waals surface area contributed by atoms with Crippen LogP contribution in [0, 0.1) is 0 Å². The Hall–Kier alpha value is -1.50. The molecule has 0 aliphatic carbocycles. The zero-order valence-electron chi connectivity index (χ0n) is 9.61. The molecule has 0 aromatic carbocycles. The highest BCUT2D eigenvalue weighted by molar-refractivity contribution is 5.66. The zero-order chi connectivity index (χ0) is 13.4. The molecular formula is C11H14F3N3O. The van der Waals surface area contributed by atoms with E-state index in [0.29, 0.717) is 17.9 Å². The number of hydrogen-bond acceptors (Lipinski definition) is 4. The predicted octanol–water partition coefficient (Wildman–Crippen LogP) is 1.56. The van der Waals surface area contributed by atoms with Crippen LogP contribution in [0.4, 0.5) is 24.5 Å². The molecule has 1 atom stereocenters. The van der Waals surface area contributed by atoms with Crippen molar-refractivity contribution >= 4 is 11.4 Å². The Bertz CT molecular complexity index is 438. The molecule has 1 aliphatic heterocycles. The lowest BCUT2D eigenvalue weighted by Crippen LogP contribution is -2.57. The molecule has 100 valence electrons. The van der Waals surface area contributed by atoms with E-state index < -0.39 is 18.3 Å². The van der Waals surface area contributed by atoms with E-state index in [1.807, 2.05) is 0 Å². The summed E-state index contributed by atoms with van der Waals surface area (Å²) in [5, 5.41) is 9.71. The van der Waals surface area contributed by atoms with E-state index in [2.05, 4.69) is 4.98 Å². The molecule has 0 bridgehead atoms. The number of rotatable bonds is 1. The summed E-state index contributed by atoms with van der Waals surface area (Å²) in [6.07, 6.45) is -1.80. The van der Waals surface area contributed by atoms with Crippen molar-refractivity contribution in [1.29, 1.82) is 0 Å². The number of β-amino-alcohol motifs (C(OH)–C–C–N with tert-alkyl or cyclic N) is 1. The van der Waals surface area contributed by atoms with Gasteiger partial charge in [-0.25, -0.2) is 0 Å². The van der Waals surface area contributed by atoms with Crippen LogP contribution in [0.1, 0.15) is 12.8 Å². The summed E-state index contributed by atoms with van der Waals surface area (Å²) >= 11 is 0. The summed E-state index contributed by atoms with van der Waals surface area (Å²) in [6.45, 7) is -0.0582. The molecular weight excluding hydrogens is 247 g/mol. The third kappa shape index (κ3) is 2.22. The molecule has 1 aromatic rings. The van der Waals surface area contributed by atoms with Gasteiger partial charge in [0.1, 0.15) is 0 Å². The van der Waals surface area contributed by atoms with Crippen molar-refractivity contribution in [3.63, 3.8) is 0 Å². The first kappa shape index (κ1) is 12.9. The summed E-state index contributed by atoms with van der Waals surface area (Å²) in [4.78, 5) is 5.24. The van der Waals surface area contributed by atoms with E-state index in [4.69, 9.17) is 5.73 Å². The highest BCUT2D eigenvalue weighted by Crippen LogP contribution is 2.39. The molecule has 1 unspecified atom stereocenters. The smallest absolute Gasteiger partial charge is 0.396 e. The molecule has 1 aliphatic rings. The first-order chi connectivity index (χ1) is 8.33. The molecule has 0 amide bonds. The number of alkyl halides is 3. The summed E-state index contributed by atoms with van der Waals surface area (Å²) in [5.74, 6) is 0. The average Bonchev–Trinajstić information content (AvgIpc) is 2.28. The largest absolute Gasteiger partial charge is 0.418 e. The minimum Gasteiger partial charge on any atom is -0.396 e. The number of pyridine rings is 1. The van der Waals surface area contributed by atoms with Gasteiger partial charge in [-0.05, 0) is 18.9 Å². The van der Waals surface area contributed by atoms with Gasteiger partial charge >= 0.3 is 6.18 Å². The third-order valence-corrected chi connectivity index (χ3v) is 3.17. The second kappa shape index (κ2) is 4.31. The Labute approximate surface area is 102 Å². The Balaban J connectivity index is 2.25. The van der Waals surface area contributed by atoms with Gasteiger partial charge in [-0.15, -0.1) is 0 Å². The van der Waals surface area contributed by atoms with Crippen LogP contribution >= 0.6 is 0 Å². The monoisotopic (exact) mass is 261 g/mol. The summed E-state index contributed by atoms with van der Waals surface area (Å²) < 4.78 is 38.4. The normalized spacial score (nSPS) is 25.2. The van der Waals surface area contributed by atoms with Crippen molar-refractivity contribution in [2.24, 2.45) is 0 Å².